The quantitative estimate of drug-likeness (QED) is 0.639. The summed E-state index contributed by atoms with van der Waals surface area (Å²) in [7, 11) is 3.95. The minimum absolute atomic E-state index is 0.0886. The minimum atomic E-state index is -0.236. The second kappa shape index (κ2) is 9.09. The van der Waals surface area contributed by atoms with Gasteiger partial charge in [-0.15, -0.1) is 0 Å². The molecule has 0 aliphatic carbocycles. The maximum atomic E-state index is 12.1. The summed E-state index contributed by atoms with van der Waals surface area (Å²) in [5.41, 5.74) is 2.62. The fraction of sp³-hybridized carbons (Fsp3) is 0.300. The zero-order valence-electron chi connectivity index (χ0n) is 16.2. The lowest BCUT2D eigenvalue weighted by molar-refractivity contribution is -0.123. The molecule has 0 aliphatic rings. The molecule has 1 aromatic carbocycles. The van der Waals surface area contributed by atoms with E-state index >= 15 is 0 Å². The number of aryl methyl sites for hydroxylation is 1. The van der Waals surface area contributed by atoms with Crippen molar-refractivity contribution in [1.29, 1.82) is 0 Å². The number of benzene rings is 1. The summed E-state index contributed by atoms with van der Waals surface area (Å²) < 4.78 is 10.8. The molecule has 0 fully saturated rings. The van der Waals surface area contributed by atoms with Gasteiger partial charge >= 0.3 is 0 Å². The normalized spacial score (nSPS) is 10.9. The number of hydrogen-bond acceptors (Lipinski definition) is 7. The van der Waals surface area contributed by atoms with Crippen molar-refractivity contribution in [3.05, 3.63) is 59.7 Å². The third-order valence-electron chi connectivity index (χ3n) is 3.87. The van der Waals surface area contributed by atoms with Gasteiger partial charge in [-0.1, -0.05) is 5.16 Å². The van der Waals surface area contributed by atoms with Crippen LogP contribution in [0.1, 0.15) is 17.0 Å². The molecule has 0 radical (unpaired) electrons. The Balaban J connectivity index is 1.65. The number of nitrogens with zero attached hydrogens (tertiary/aromatic N) is 4. The van der Waals surface area contributed by atoms with Gasteiger partial charge in [0.25, 0.3) is 5.91 Å². The molecule has 1 amide bonds. The fourth-order valence-electron chi connectivity index (χ4n) is 2.65. The van der Waals surface area contributed by atoms with Gasteiger partial charge in [0.15, 0.2) is 18.2 Å². The molecule has 8 nitrogen and oxygen atoms in total. The summed E-state index contributed by atoms with van der Waals surface area (Å²) in [5.74, 6) is 1.67. The first-order chi connectivity index (χ1) is 13.5. The summed E-state index contributed by atoms with van der Waals surface area (Å²) in [6.45, 7) is 2.68. The number of nitrogens with one attached hydrogen (secondary N) is 1. The van der Waals surface area contributed by atoms with Crippen molar-refractivity contribution in [1.82, 2.24) is 25.3 Å². The van der Waals surface area contributed by atoms with Gasteiger partial charge < -0.3 is 19.5 Å². The Morgan fingerprint density at radius 2 is 2.00 bits per heavy atom. The van der Waals surface area contributed by atoms with Crippen molar-refractivity contribution in [2.45, 2.75) is 20.0 Å². The number of carbonyl (C=O) groups is 1. The average Bonchev–Trinajstić information content (AvgIpc) is 3.11. The highest BCUT2D eigenvalue weighted by Gasteiger charge is 2.11. The summed E-state index contributed by atoms with van der Waals surface area (Å²) in [6, 6.07) is 9.28. The molecular formula is C20H23N5O3. The van der Waals surface area contributed by atoms with Gasteiger partial charge in [-0.2, -0.15) is 0 Å². The van der Waals surface area contributed by atoms with Crippen LogP contribution in [0.15, 0.2) is 47.2 Å². The zero-order chi connectivity index (χ0) is 19.9. The second-order valence-electron chi connectivity index (χ2n) is 6.63. The van der Waals surface area contributed by atoms with E-state index in [1.165, 1.54) is 0 Å². The molecule has 0 atom stereocenters. The van der Waals surface area contributed by atoms with Crippen LogP contribution in [0.3, 0.4) is 0 Å². The third-order valence-corrected chi connectivity index (χ3v) is 3.87. The Kier molecular flexibility index (Phi) is 6.33. The maximum Gasteiger partial charge on any atom is 0.258 e. The fourth-order valence-corrected chi connectivity index (χ4v) is 2.65. The van der Waals surface area contributed by atoms with E-state index in [9.17, 15) is 4.79 Å². The lowest BCUT2D eigenvalue weighted by Crippen LogP contribution is -2.28. The molecule has 2 aromatic heterocycles. The van der Waals surface area contributed by atoms with Crippen LogP contribution in [0, 0.1) is 6.92 Å². The molecule has 0 aliphatic heterocycles. The van der Waals surface area contributed by atoms with E-state index in [1.54, 1.807) is 24.5 Å². The van der Waals surface area contributed by atoms with Crippen LogP contribution in [-0.2, 0) is 17.9 Å². The van der Waals surface area contributed by atoms with Crippen LogP contribution in [0.25, 0.3) is 11.4 Å². The summed E-state index contributed by atoms with van der Waals surface area (Å²) in [4.78, 5) is 22.7. The number of amides is 1. The van der Waals surface area contributed by atoms with Gasteiger partial charge in [0.1, 0.15) is 5.75 Å². The number of hydrogen-bond donors (Lipinski definition) is 1. The second-order valence-corrected chi connectivity index (χ2v) is 6.63. The SMILES string of the molecule is Cc1cc(CNC(=O)COc2ccc(-c3ncccn3)cc2CN(C)C)on1. The molecule has 0 saturated carbocycles. The number of ether oxygens (including phenoxy) is 1. The number of aromatic nitrogens is 3. The van der Waals surface area contributed by atoms with E-state index in [2.05, 4.69) is 20.4 Å². The summed E-state index contributed by atoms with van der Waals surface area (Å²) in [6.07, 6.45) is 3.41. The van der Waals surface area contributed by atoms with Crippen LogP contribution in [0.4, 0.5) is 0 Å². The maximum absolute atomic E-state index is 12.1. The molecule has 146 valence electrons. The first kappa shape index (κ1) is 19.5. The largest absolute Gasteiger partial charge is 0.483 e. The van der Waals surface area contributed by atoms with Crippen LogP contribution in [0.2, 0.25) is 0 Å². The van der Waals surface area contributed by atoms with Crippen molar-refractivity contribution < 1.29 is 14.1 Å². The van der Waals surface area contributed by atoms with Crippen molar-refractivity contribution in [3.63, 3.8) is 0 Å². The highest BCUT2D eigenvalue weighted by Crippen LogP contribution is 2.25. The lowest BCUT2D eigenvalue weighted by atomic mass is 10.1. The minimum Gasteiger partial charge on any atom is -0.483 e. The number of rotatable bonds is 8. The first-order valence-electron chi connectivity index (χ1n) is 8.88. The van der Waals surface area contributed by atoms with Crippen LogP contribution in [0.5, 0.6) is 5.75 Å². The molecular weight excluding hydrogens is 358 g/mol. The van der Waals surface area contributed by atoms with Crippen molar-refractivity contribution in [3.8, 4) is 17.1 Å². The van der Waals surface area contributed by atoms with Crippen LogP contribution >= 0.6 is 0 Å². The van der Waals surface area contributed by atoms with Gasteiger partial charge in [0.05, 0.1) is 12.2 Å². The van der Waals surface area contributed by atoms with E-state index in [0.717, 1.165) is 16.8 Å². The van der Waals surface area contributed by atoms with E-state index in [1.807, 2.05) is 44.1 Å². The van der Waals surface area contributed by atoms with Gasteiger partial charge in [-0.3, -0.25) is 4.79 Å². The Hall–Kier alpha value is -3.26. The van der Waals surface area contributed by atoms with Gasteiger partial charge in [-0.05, 0) is 45.3 Å². The summed E-state index contributed by atoms with van der Waals surface area (Å²) >= 11 is 0. The van der Waals surface area contributed by atoms with Crippen molar-refractivity contribution in [2.75, 3.05) is 20.7 Å². The molecule has 3 rings (SSSR count). The molecule has 8 heteroatoms. The monoisotopic (exact) mass is 381 g/mol. The Morgan fingerprint density at radius 1 is 1.21 bits per heavy atom. The van der Waals surface area contributed by atoms with E-state index in [0.29, 0.717) is 23.9 Å². The predicted octanol–water partition coefficient (Wildman–Crippen LogP) is 2.20. The standard InChI is InChI=1S/C20H23N5O3/c1-14-9-17(28-24-14)11-23-19(26)13-27-18-6-5-15(10-16(18)12-25(2)3)20-21-7-4-8-22-20/h4-10H,11-13H2,1-3H3,(H,23,26). The van der Waals surface area contributed by atoms with Gasteiger partial charge in [0, 0.05) is 36.1 Å². The molecule has 1 N–H and O–H groups in total. The van der Waals surface area contributed by atoms with E-state index < -0.39 is 0 Å². The molecule has 0 saturated heterocycles. The summed E-state index contributed by atoms with van der Waals surface area (Å²) in [5, 5.41) is 6.54. The Bertz CT molecular complexity index is 925. The Morgan fingerprint density at radius 3 is 2.68 bits per heavy atom. The zero-order valence-corrected chi connectivity index (χ0v) is 16.2. The average molecular weight is 381 g/mol. The predicted molar refractivity (Wildman–Crippen MR) is 103 cm³/mol. The van der Waals surface area contributed by atoms with E-state index in [4.69, 9.17) is 9.26 Å². The lowest BCUT2D eigenvalue weighted by Gasteiger charge is -2.16. The smallest absolute Gasteiger partial charge is 0.258 e. The number of carbonyl (C=O) groups excluding carboxylic acids is 1. The van der Waals surface area contributed by atoms with E-state index in [-0.39, 0.29) is 19.1 Å². The molecule has 0 spiro atoms. The third kappa shape index (κ3) is 5.37. The van der Waals surface area contributed by atoms with Crippen LogP contribution in [-0.4, -0.2) is 46.6 Å². The highest BCUT2D eigenvalue weighted by molar-refractivity contribution is 5.77. The first-order valence-corrected chi connectivity index (χ1v) is 8.88. The highest BCUT2D eigenvalue weighted by atomic mass is 16.5. The topological polar surface area (TPSA) is 93.4 Å². The van der Waals surface area contributed by atoms with Crippen molar-refractivity contribution in [2.24, 2.45) is 0 Å². The van der Waals surface area contributed by atoms with Crippen LogP contribution < -0.4 is 10.1 Å². The molecule has 3 aromatic rings. The molecule has 2 heterocycles. The molecule has 28 heavy (non-hydrogen) atoms. The Labute approximate surface area is 163 Å². The van der Waals surface area contributed by atoms with Gasteiger partial charge in [-0.25, -0.2) is 9.97 Å². The molecule has 0 unspecified atom stereocenters. The molecule has 0 bridgehead atoms. The van der Waals surface area contributed by atoms with Gasteiger partial charge in [0.2, 0.25) is 0 Å². The van der Waals surface area contributed by atoms with Crippen molar-refractivity contribution >= 4 is 5.91 Å².